The van der Waals surface area contributed by atoms with E-state index in [0.29, 0.717) is 0 Å². The van der Waals surface area contributed by atoms with Gasteiger partial charge in [-0.3, -0.25) is 0 Å². The van der Waals surface area contributed by atoms with E-state index in [1.807, 2.05) is 12.2 Å². The van der Waals surface area contributed by atoms with Gasteiger partial charge >= 0.3 is 0 Å². The van der Waals surface area contributed by atoms with Crippen LogP contribution in [-0.2, 0) is 0 Å². The Balaban J connectivity index is 1.50. The van der Waals surface area contributed by atoms with E-state index in [4.69, 9.17) is 0 Å². The van der Waals surface area contributed by atoms with Crippen LogP contribution >= 0.6 is 0 Å². The van der Waals surface area contributed by atoms with Crippen molar-refractivity contribution in [3.8, 4) is 0 Å². The fraction of sp³-hybridized carbons (Fsp3) is 0.0244. The average molecular weight is 553 g/mol. The lowest BCUT2D eigenvalue weighted by atomic mass is 9.91. The molecule has 0 bridgehead atoms. The molecule has 7 aromatic rings. The van der Waals surface area contributed by atoms with E-state index in [9.17, 15) is 0 Å². The van der Waals surface area contributed by atoms with Crippen LogP contribution in [0.2, 0.25) is 0 Å². The number of rotatable bonds is 8. The second kappa shape index (κ2) is 11.3. The Bertz CT molecular complexity index is 2050. The van der Waals surface area contributed by atoms with Crippen molar-refractivity contribution in [2.24, 2.45) is 0 Å². The number of hydrogen-bond donors (Lipinski definition) is 0. The summed E-state index contributed by atoms with van der Waals surface area (Å²) in [4.78, 5) is 4.71. The van der Waals surface area contributed by atoms with Gasteiger partial charge in [0.1, 0.15) is 0 Å². The van der Waals surface area contributed by atoms with Crippen molar-refractivity contribution in [1.29, 1.82) is 0 Å². The number of allylic oxidation sites excluding steroid dienone is 5. The van der Waals surface area contributed by atoms with Crippen molar-refractivity contribution in [3.63, 3.8) is 0 Å². The Labute approximate surface area is 253 Å². The van der Waals surface area contributed by atoms with E-state index in [-0.39, 0.29) is 0 Å². The minimum atomic E-state index is 1.12. The summed E-state index contributed by atoms with van der Waals surface area (Å²) in [5.74, 6) is 0. The largest absolute Gasteiger partial charge is 0.314 e. The summed E-state index contributed by atoms with van der Waals surface area (Å²) in [6.07, 6.45) is 7.95. The SMILES string of the molecule is C=C/C=C\C=C(/C)N(c1ccccc1)c1ccc2ccc3c(N(c4ccccc4)c4ccccc4)ccc4ccc1c2c43. The topological polar surface area (TPSA) is 6.48 Å². The van der Waals surface area contributed by atoms with Crippen molar-refractivity contribution in [2.75, 3.05) is 9.80 Å². The molecule has 0 heterocycles. The molecule has 0 amide bonds. The third-order valence-electron chi connectivity index (χ3n) is 8.08. The predicted octanol–water partition coefficient (Wildman–Crippen LogP) is 11.8. The molecule has 0 aliphatic carbocycles. The van der Waals surface area contributed by atoms with Gasteiger partial charge in [0, 0.05) is 33.5 Å². The Morgan fingerprint density at radius 1 is 0.512 bits per heavy atom. The third kappa shape index (κ3) is 4.73. The molecule has 0 aliphatic rings. The molecule has 0 saturated heterocycles. The Kier molecular flexibility index (Phi) is 6.94. The van der Waals surface area contributed by atoms with Gasteiger partial charge in [0.25, 0.3) is 0 Å². The summed E-state index contributed by atoms with van der Waals surface area (Å²) < 4.78 is 0. The Morgan fingerprint density at radius 2 is 0.977 bits per heavy atom. The van der Waals surface area contributed by atoms with E-state index < -0.39 is 0 Å². The Morgan fingerprint density at radius 3 is 1.51 bits per heavy atom. The minimum absolute atomic E-state index is 1.12. The zero-order valence-corrected chi connectivity index (χ0v) is 24.2. The lowest BCUT2D eigenvalue weighted by molar-refractivity contribution is 1.17. The molecule has 0 fully saturated rings. The van der Waals surface area contributed by atoms with Crippen molar-refractivity contribution in [3.05, 3.63) is 176 Å². The molecule has 0 aromatic heterocycles. The van der Waals surface area contributed by atoms with Crippen LogP contribution in [0, 0.1) is 0 Å². The highest BCUT2D eigenvalue weighted by molar-refractivity contribution is 6.28. The second-order valence-electron chi connectivity index (χ2n) is 10.7. The Hall–Kier alpha value is -5.60. The molecule has 0 radical (unpaired) electrons. The number of nitrogens with zero attached hydrogens (tertiary/aromatic N) is 2. The summed E-state index contributed by atoms with van der Waals surface area (Å²) in [5.41, 5.74) is 6.83. The van der Waals surface area contributed by atoms with E-state index >= 15 is 0 Å². The minimum Gasteiger partial charge on any atom is -0.314 e. The van der Waals surface area contributed by atoms with Crippen LogP contribution in [0.5, 0.6) is 0 Å². The summed E-state index contributed by atoms with van der Waals surface area (Å²) in [7, 11) is 0. The lowest BCUT2D eigenvalue weighted by Crippen LogP contribution is -2.14. The highest BCUT2D eigenvalue weighted by Crippen LogP contribution is 2.46. The molecule has 2 nitrogen and oxygen atoms in total. The maximum Gasteiger partial charge on any atom is 0.0540 e. The number of para-hydroxylation sites is 3. The zero-order chi connectivity index (χ0) is 29.2. The molecule has 0 spiro atoms. The molecular weight excluding hydrogens is 520 g/mol. The van der Waals surface area contributed by atoms with Gasteiger partial charge in [0.05, 0.1) is 11.4 Å². The molecule has 0 saturated carbocycles. The number of benzene rings is 7. The fourth-order valence-corrected chi connectivity index (χ4v) is 6.20. The van der Waals surface area contributed by atoms with Crippen LogP contribution in [0.25, 0.3) is 32.3 Å². The predicted molar refractivity (Wildman–Crippen MR) is 187 cm³/mol. The van der Waals surface area contributed by atoms with E-state index in [2.05, 4.69) is 169 Å². The summed E-state index contributed by atoms with van der Waals surface area (Å²) in [6, 6.07) is 50.0. The standard InChI is InChI=1S/C41H32N2/c1-3-4-8-15-30(2)42(33-16-9-5-10-17-33)38-28-24-31-23-27-37-39(29-25-32-22-26-36(38)40(31)41(32)37)43(34-18-11-6-12-19-34)35-20-13-7-14-21-35/h3-29H,1H2,2H3/b8-4-,30-15+. The summed E-state index contributed by atoms with van der Waals surface area (Å²) >= 11 is 0. The van der Waals surface area contributed by atoms with Gasteiger partial charge in [0.2, 0.25) is 0 Å². The van der Waals surface area contributed by atoms with Gasteiger partial charge in [-0.05, 0) is 83.1 Å². The molecule has 43 heavy (non-hydrogen) atoms. The maximum absolute atomic E-state index is 3.83. The quantitative estimate of drug-likeness (QED) is 0.137. The normalized spacial score (nSPS) is 12.0. The summed E-state index contributed by atoms with van der Waals surface area (Å²) in [5, 5.41) is 7.50. The molecule has 2 heteroatoms. The van der Waals surface area contributed by atoms with Gasteiger partial charge in [0.15, 0.2) is 0 Å². The van der Waals surface area contributed by atoms with Gasteiger partial charge in [-0.15, -0.1) is 0 Å². The number of hydrogen-bond acceptors (Lipinski definition) is 2. The van der Waals surface area contributed by atoms with Crippen molar-refractivity contribution in [1.82, 2.24) is 0 Å². The smallest absolute Gasteiger partial charge is 0.0540 e. The van der Waals surface area contributed by atoms with Crippen molar-refractivity contribution >= 4 is 60.8 Å². The van der Waals surface area contributed by atoms with Crippen molar-refractivity contribution < 1.29 is 0 Å². The third-order valence-corrected chi connectivity index (χ3v) is 8.08. The van der Waals surface area contributed by atoms with Crippen LogP contribution in [0.4, 0.5) is 28.4 Å². The highest BCUT2D eigenvalue weighted by Gasteiger charge is 2.21. The molecule has 7 aromatic carbocycles. The molecule has 0 N–H and O–H groups in total. The van der Waals surface area contributed by atoms with Crippen LogP contribution < -0.4 is 9.80 Å². The zero-order valence-electron chi connectivity index (χ0n) is 24.2. The molecule has 0 aliphatic heterocycles. The molecule has 206 valence electrons. The second-order valence-corrected chi connectivity index (χ2v) is 10.7. The first-order valence-electron chi connectivity index (χ1n) is 14.7. The highest BCUT2D eigenvalue weighted by atomic mass is 15.1. The summed E-state index contributed by atoms with van der Waals surface area (Å²) in [6.45, 7) is 5.99. The van der Waals surface area contributed by atoms with Crippen LogP contribution in [0.3, 0.4) is 0 Å². The lowest BCUT2D eigenvalue weighted by Gasteiger charge is -2.29. The molecule has 0 atom stereocenters. The fourth-order valence-electron chi connectivity index (χ4n) is 6.20. The first kappa shape index (κ1) is 26.3. The van der Waals surface area contributed by atoms with Gasteiger partial charge < -0.3 is 9.80 Å². The average Bonchev–Trinajstić information content (AvgIpc) is 3.06. The maximum atomic E-state index is 3.83. The molecule has 7 rings (SSSR count). The van der Waals surface area contributed by atoms with E-state index in [0.717, 1.165) is 34.1 Å². The van der Waals surface area contributed by atoms with Crippen LogP contribution in [-0.4, -0.2) is 0 Å². The van der Waals surface area contributed by atoms with E-state index in [1.54, 1.807) is 6.08 Å². The first-order valence-corrected chi connectivity index (χ1v) is 14.7. The molecular formula is C41H32N2. The van der Waals surface area contributed by atoms with Gasteiger partial charge in [-0.2, -0.15) is 0 Å². The monoisotopic (exact) mass is 552 g/mol. The molecule has 0 unspecified atom stereocenters. The van der Waals surface area contributed by atoms with Crippen LogP contribution in [0.1, 0.15) is 6.92 Å². The number of anilines is 5. The van der Waals surface area contributed by atoms with Gasteiger partial charge in [-0.25, -0.2) is 0 Å². The van der Waals surface area contributed by atoms with Crippen molar-refractivity contribution in [2.45, 2.75) is 6.92 Å². The van der Waals surface area contributed by atoms with Crippen LogP contribution in [0.15, 0.2) is 176 Å². The first-order chi connectivity index (χ1) is 21.2. The van der Waals surface area contributed by atoms with Gasteiger partial charge in [-0.1, -0.05) is 116 Å². The van der Waals surface area contributed by atoms with E-state index in [1.165, 1.54) is 32.3 Å².